The van der Waals surface area contributed by atoms with E-state index >= 15 is 0 Å². The van der Waals surface area contributed by atoms with Crippen LogP contribution in [0.25, 0.3) is 0 Å². The molecule has 0 aliphatic carbocycles. The van der Waals surface area contributed by atoms with Gasteiger partial charge in [-0.1, -0.05) is 0 Å². The molecule has 104 valence electrons. The summed E-state index contributed by atoms with van der Waals surface area (Å²) in [5.41, 5.74) is 0.885. The number of nitrogens with one attached hydrogen (secondary N) is 2. The largest absolute Gasteiger partial charge is 0.317 e. The number of anilines is 1. The first-order valence-corrected chi connectivity index (χ1v) is 7.58. The third kappa shape index (κ3) is 4.58. The van der Waals surface area contributed by atoms with Crippen molar-refractivity contribution in [2.45, 2.75) is 32.6 Å². The maximum Gasteiger partial charge on any atom is 0.225 e. The molecule has 2 rings (SSSR count). The summed E-state index contributed by atoms with van der Waals surface area (Å²) in [4.78, 5) is 16.2. The number of carbonyl (C=O) groups excluding carboxylic acids is 1. The first-order valence-electron chi connectivity index (χ1n) is 6.79. The van der Waals surface area contributed by atoms with Crippen LogP contribution in [0.2, 0.25) is 0 Å². The van der Waals surface area contributed by atoms with Crippen LogP contribution < -0.4 is 10.6 Å². The SMILES string of the molecule is Cc1nc(NC(=O)CCC2CCNCC2)ccc1Br. The number of aryl methyl sites for hydroxylation is 1. The highest BCUT2D eigenvalue weighted by Gasteiger charge is 2.14. The summed E-state index contributed by atoms with van der Waals surface area (Å²) in [6.45, 7) is 4.08. The molecular weight excluding hydrogens is 306 g/mol. The Morgan fingerprint density at radius 3 is 2.89 bits per heavy atom. The molecule has 2 heterocycles. The lowest BCUT2D eigenvalue weighted by Gasteiger charge is -2.22. The van der Waals surface area contributed by atoms with Crippen molar-refractivity contribution >= 4 is 27.7 Å². The summed E-state index contributed by atoms with van der Waals surface area (Å²) in [6, 6.07) is 3.73. The van der Waals surface area contributed by atoms with Gasteiger partial charge in [-0.15, -0.1) is 0 Å². The van der Waals surface area contributed by atoms with Crippen molar-refractivity contribution in [1.82, 2.24) is 10.3 Å². The van der Waals surface area contributed by atoms with Gasteiger partial charge in [-0.3, -0.25) is 4.79 Å². The van der Waals surface area contributed by atoms with Gasteiger partial charge < -0.3 is 10.6 Å². The third-order valence-electron chi connectivity index (χ3n) is 3.53. The molecule has 1 aromatic rings. The Labute approximate surface area is 122 Å². The van der Waals surface area contributed by atoms with Crippen LogP contribution in [0.1, 0.15) is 31.4 Å². The second kappa shape index (κ2) is 7.01. The number of pyridine rings is 1. The monoisotopic (exact) mass is 325 g/mol. The summed E-state index contributed by atoms with van der Waals surface area (Å²) < 4.78 is 0.959. The number of piperidine rings is 1. The highest BCUT2D eigenvalue weighted by atomic mass is 79.9. The highest BCUT2D eigenvalue weighted by Crippen LogP contribution is 2.19. The molecule has 0 bridgehead atoms. The molecule has 19 heavy (non-hydrogen) atoms. The minimum Gasteiger partial charge on any atom is -0.317 e. The van der Waals surface area contributed by atoms with Crippen LogP contribution in [0.15, 0.2) is 16.6 Å². The molecule has 0 atom stereocenters. The molecular formula is C14H20BrN3O. The third-order valence-corrected chi connectivity index (χ3v) is 4.37. The first kappa shape index (κ1) is 14.5. The number of halogens is 1. The van der Waals surface area contributed by atoms with Gasteiger partial charge in [-0.05, 0) is 73.3 Å². The number of hydrogen-bond donors (Lipinski definition) is 2. The van der Waals surface area contributed by atoms with Gasteiger partial charge in [0.2, 0.25) is 5.91 Å². The van der Waals surface area contributed by atoms with Crippen LogP contribution in [-0.4, -0.2) is 24.0 Å². The first-order chi connectivity index (χ1) is 9.15. The van der Waals surface area contributed by atoms with E-state index in [1.165, 1.54) is 12.8 Å². The zero-order valence-corrected chi connectivity index (χ0v) is 12.8. The van der Waals surface area contributed by atoms with Gasteiger partial charge in [-0.25, -0.2) is 4.98 Å². The van der Waals surface area contributed by atoms with E-state index in [-0.39, 0.29) is 5.91 Å². The van der Waals surface area contributed by atoms with E-state index in [0.717, 1.165) is 29.7 Å². The Morgan fingerprint density at radius 1 is 1.47 bits per heavy atom. The van der Waals surface area contributed by atoms with Crippen LogP contribution in [0, 0.1) is 12.8 Å². The molecule has 4 nitrogen and oxygen atoms in total. The molecule has 0 saturated carbocycles. The van der Waals surface area contributed by atoms with E-state index < -0.39 is 0 Å². The summed E-state index contributed by atoms with van der Waals surface area (Å²) >= 11 is 3.40. The Morgan fingerprint density at radius 2 is 2.21 bits per heavy atom. The van der Waals surface area contributed by atoms with Crippen LogP contribution >= 0.6 is 15.9 Å². The van der Waals surface area contributed by atoms with Crippen LogP contribution in [-0.2, 0) is 4.79 Å². The molecule has 1 aromatic heterocycles. The van der Waals surface area contributed by atoms with Gasteiger partial charge in [0.25, 0.3) is 0 Å². The average Bonchev–Trinajstić information content (AvgIpc) is 2.42. The fraction of sp³-hybridized carbons (Fsp3) is 0.571. The maximum absolute atomic E-state index is 11.9. The minimum absolute atomic E-state index is 0.0627. The molecule has 1 amide bonds. The molecule has 0 spiro atoms. The van der Waals surface area contributed by atoms with E-state index in [2.05, 4.69) is 31.5 Å². The quantitative estimate of drug-likeness (QED) is 0.895. The van der Waals surface area contributed by atoms with Gasteiger partial charge >= 0.3 is 0 Å². The van der Waals surface area contributed by atoms with Crippen molar-refractivity contribution < 1.29 is 4.79 Å². The van der Waals surface area contributed by atoms with Crippen molar-refractivity contribution in [3.63, 3.8) is 0 Å². The van der Waals surface area contributed by atoms with Gasteiger partial charge in [0.15, 0.2) is 0 Å². The van der Waals surface area contributed by atoms with Crippen molar-refractivity contribution in [3.05, 3.63) is 22.3 Å². The second-order valence-corrected chi connectivity index (χ2v) is 5.90. The topological polar surface area (TPSA) is 54.0 Å². The molecule has 0 radical (unpaired) electrons. The fourth-order valence-corrected chi connectivity index (χ4v) is 2.55. The van der Waals surface area contributed by atoms with Crippen LogP contribution in [0.4, 0.5) is 5.82 Å². The second-order valence-electron chi connectivity index (χ2n) is 5.04. The normalized spacial score (nSPS) is 16.3. The molecule has 0 aromatic carbocycles. The summed E-state index contributed by atoms with van der Waals surface area (Å²) in [6.07, 6.45) is 3.93. The Balaban J connectivity index is 1.78. The van der Waals surface area contributed by atoms with E-state index in [1.807, 2.05) is 19.1 Å². The summed E-state index contributed by atoms with van der Waals surface area (Å²) in [5.74, 6) is 1.38. The molecule has 1 saturated heterocycles. The Bertz CT molecular complexity index is 444. The molecule has 1 aliphatic heterocycles. The molecule has 5 heteroatoms. The molecule has 0 unspecified atom stereocenters. The van der Waals surface area contributed by atoms with Crippen LogP contribution in [0.3, 0.4) is 0 Å². The fourth-order valence-electron chi connectivity index (χ4n) is 2.32. The summed E-state index contributed by atoms with van der Waals surface area (Å²) in [5, 5.41) is 6.20. The van der Waals surface area contributed by atoms with E-state index in [0.29, 0.717) is 18.2 Å². The van der Waals surface area contributed by atoms with Gasteiger partial charge in [0, 0.05) is 10.9 Å². The van der Waals surface area contributed by atoms with Gasteiger partial charge in [-0.2, -0.15) is 0 Å². The molecule has 1 fully saturated rings. The molecule has 2 N–H and O–H groups in total. The van der Waals surface area contributed by atoms with E-state index in [9.17, 15) is 4.79 Å². The van der Waals surface area contributed by atoms with E-state index in [4.69, 9.17) is 0 Å². The zero-order valence-electron chi connectivity index (χ0n) is 11.2. The molecule has 1 aliphatic rings. The van der Waals surface area contributed by atoms with Crippen molar-refractivity contribution in [2.24, 2.45) is 5.92 Å². The summed E-state index contributed by atoms with van der Waals surface area (Å²) in [7, 11) is 0. The number of amides is 1. The lowest BCUT2D eigenvalue weighted by Crippen LogP contribution is -2.28. The van der Waals surface area contributed by atoms with Crippen molar-refractivity contribution in [2.75, 3.05) is 18.4 Å². The van der Waals surface area contributed by atoms with Crippen LogP contribution in [0.5, 0.6) is 0 Å². The lowest BCUT2D eigenvalue weighted by molar-refractivity contribution is -0.116. The average molecular weight is 326 g/mol. The predicted octanol–water partition coefficient (Wildman–Crippen LogP) is 2.87. The minimum atomic E-state index is 0.0627. The van der Waals surface area contributed by atoms with Gasteiger partial charge in [0.05, 0.1) is 5.69 Å². The zero-order chi connectivity index (χ0) is 13.7. The number of aromatic nitrogens is 1. The number of nitrogens with zero attached hydrogens (tertiary/aromatic N) is 1. The van der Waals surface area contributed by atoms with Crippen molar-refractivity contribution in [1.29, 1.82) is 0 Å². The predicted molar refractivity (Wildman–Crippen MR) is 80.1 cm³/mol. The number of hydrogen-bond acceptors (Lipinski definition) is 3. The van der Waals surface area contributed by atoms with Gasteiger partial charge in [0.1, 0.15) is 5.82 Å². The van der Waals surface area contributed by atoms with E-state index in [1.54, 1.807) is 0 Å². The Hall–Kier alpha value is -0.940. The van der Waals surface area contributed by atoms with Crippen molar-refractivity contribution in [3.8, 4) is 0 Å². The number of carbonyl (C=O) groups is 1. The smallest absolute Gasteiger partial charge is 0.225 e. The lowest BCUT2D eigenvalue weighted by atomic mass is 9.93. The number of rotatable bonds is 4. The maximum atomic E-state index is 11.9. The highest BCUT2D eigenvalue weighted by molar-refractivity contribution is 9.10. The standard InChI is InChI=1S/C14H20BrN3O/c1-10-12(15)3-4-13(17-10)18-14(19)5-2-11-6-8-16-9-7-11/h3-4,11,16H,2,5-9H2,1H3,(H,17,18,19). The Kier molecular flexibility index (Phi) is 5.34.